The molecule has 0 aromatic heterocycles. The summed E-state index contributed by atoms with van der Waals surface area (Å²) in [4.78, 5) is 37.4. The third-order valence-electron chi connectivity index (χ3n) is 7.43. The number of rotatable bonds is 11. The van der Waals surface area contributed by atoms with Crippen LogP contribution in [0.1, 0.15) is 82.9 Å². The molecule has 2 aromatic carbocycles. The third kappa shape index (κ3) is 5.94. The molecule has 2 atom stereocenters. The van der Waals surface area contributed by atoms with Gasteiger partial charge in [-0.3, -0.25) is 9.59 Å². The molecular formula is C29H37NO4. The SMILES string of the molecule is CCC(CCC1(C(=O)OC(c2ccccc2)c2ccccc2)CCCC1)C(C)(C=O)NC(C)=O. The van der Waals surface area contributed by atoms with Gasteiger partial charge in [-0.1, -0.05) is 86.8 Å². The average Bonchev–Trinajstić information content (AvgIpc) is 3.33. The van der Waals surface area contributed by atoms with Crippen LogP contribution in [0, 0.1) is 11.3 Å². The molecule has 1 saturated carbocycles. The van der Waals surface area contributed by atoms with E-state index in [9.17, 15) is 14.4 Å². The molecule has 182 valence electrons. The van der Waals surface area contributed by atoms with E-state index < -0.39 is 17.1 Å². The maximum Gasteiger partial charge on any atom is 0.313 e. The maximum atomic E-state index is 13.8. The summed E-state index contributed by atoms with van der Waals surface area (Å²) >= 11 is 0. The van der Waals surface area contributed by atoms with Crippen LogP contribution in [0.25, 0.3) is 0 Å². The second-order valence-electron chi connectivity index (χ2n) is 9.82. The zero-order chi connectivity index (χ0) is 24.6. The summed E-state index contributed by atoms with van der Waals surface area (Å²) in [7, 11) is 0. The molecule has 34 heavy (non-hydrogen) atoms. The van der Waals surface area contributed by atoms with Crippen molar-refractivity contribution in [1.29, 1.82) is 0 Å². The maximum absolute atomic E-state index is 13.8. The molecule has 0 saturated heterocycles. The van der Waals surface area contributed by atoms with E-state index in [2.05, 4.69) is 5.32 Å². The molecule has 0 aliphatic heterocycles. The minimum Gasteiger partial charge on any atom is -0.452 e. The van der Waals surface area contributed by atoms with Crippen molar-refractivity contribution in [2.45, 2.75) is 77.4 Å². The lowest BCUT2D eigenvalue weighted by molar-refractivity contribution is -0.160. The first-order valence-corrected chi connectivity index (χ1v) is 12.4. The summed E-state index contributed by atoms with van der Waals surface area (Å²) in [5.74, 6) is -0.445. The molecule has 1 fully saturated rings. The molecule has 1 amide bonds. The second kappa shape index (κ2) is 11.5. The number of nitrogens with one attached hydrogen (secondary N) is 1. The fourth-order valence-electron chi connectivity index (χ4n) is 5.41. The average molecular weight is 464 g/mol. The minimum absolute atomic E-state index is 0.0572. The molecule has 5 nitrogen and oxygen atoms in total. The standard InChI is InChI=1S/C29H37NO4/c1-4-25(28(3,21-31)30-22(2)32)17-20-29(18-11-12-19-29)27(33)34-26(23-13-7-5-8-14-23)24-15-9-6-10-16-24/h5-10,13-16,21,25-26H,4,11-12,17-20H2,1-3H3,(H,30,32). The Kier molecular flexibility index (Phi) is 8.65. The van der Waals surface area contributed by atoms with Gasteiger partial charge in [0.05, 0.1) is 11.0 Å². The number of carbonyl (C=O) groups excluding carboxylic acids is 3. The van der Waals surface area contributed by atoms with Crippen molar-refractivity contribution in [3.63, 3.8) is 0 Å². The van der Waals surface area contributed by atoms with Crippen LogP contribution in [0.15, 0.2) is 60.7 Å². The van der Waals surface area contributed by atoms with Gasteiger partial charge in [-0.25, -0.2) is 0 Å². The van der Waals surface area contributed by atoms with Gasteiger partial charge in [0.15, 0.2) is 6.10 Å². The third-order valence-corrected chi connectivity index (χ3v) is 7.43. The Hall–Kier alpha value is -2.95. The van der Waals surface area contributed by atoms with E-state index in [1.54, 1.807) is 6.92 Å². The Bertz CT molecular complexity index is 913. The van der Waals surface area contributed by atoms with Crippen LogP contribution in [0.3, 0.4) is 0 Å². The van der Waals surface area contributed by atoms with E-state index in [1.807, 2.05) is 67.6 Å². The van der Waals surface area contributed by atoms with Gasteiger partial charge < -0.3 is 14.8 Å². The largest absolute Gasteiger partial charge is 0.452 e. The van der Waals surface area contributed by atoms with Gasteiger partial charge in [-0.05, 0) is 49.7 Å². The van der Waals surface area contributed by atoms with Crippen molar-refractivity contribution < 1.29 is 19.1 Å². The highest BCUT2D eigenvalue weighted by Gasteiger charge is 2.45. The van der Waals surface area contributed by atoms with Gasteiger partial charge in [0.2, 0.25) is 5.91 Å². The van der Waals surface area contributed by atoms with E-state index in [0.717, 1.165) is 49.5 Å². The van der Waals surface area contributed by atoms with Crippen molar-refractivity contribution in [1.82, 2.24) is 5.32 Å². The number of aldehydes is 1. The molecule has 3 rings (SSSR count). The number of esters is 1. The summed E-state index contributed by atoms with van der Waals surface area (Å²) in [6.07, 6.45) is 5.97. The summed E-state index contributed by atoms with van der Waals surface area (Å²) < 4.78 is 6.27. The van der Waals surface area contributed by atoms with Crippen LogP contribution in [-0.2, 0) is 19.1 Å². The van der Waals surface area contributed by atoms with Crippen LogP contribution in [0.4, 0.5) is 0 Å². The number of amides is 1. The topological polar surface area (TPSA) is 72.5 Å². The molecule has 1 aliphatic rings. The quantitative estimate of drug-likeness (QED) is 0.339. The molecule has 2 aromatic rings. The Morgan fingerprint density at radius 2 is 1.56 bits per heavy atom. The number of hydrogen-bond donors (Lipinski definition) is 1. The lowest BCUT2D eigenvalue weighted by atomic mass is 9.74. The first kappa shape index (κ1) is 25.7. The van der Waals surface area contributed by atoms with Crippen molar-refractivity contribution in [3.8, 4) is 0 Å². The van der Waals surface area contributed by atoms with Crippen molar-refractivity contribution in [3.05, 3.63) is 71.8 Å². The van der Waals surface area contributed by atoms with Crippen molar-refractivity contribution >= 4 is 18.2 Å². The Labute approximate surface area is 203 Å². The van der Waals surface area contributed by atoms with Gasteiger partial charge in [0.25, 0.3) is 0 Å². The first-order valence-electron chi connectivity index (χ1n) is 12.4. The van der Waals surface area contributed by atoms with E-state index in [0.29, 0.717) is 12.8 Å². The predicted molar refractivity (Wildman–Crippen MR) is 133 cm³/mol. The zero-order valence-electron chi connectivity index (χ0n) is 20.6. The minimum atomic E-state index is -0.944. The highest BCUT2D eigenvalue weighted by molar-refractivity contribution is 5.80. The van der Waals surface area contributed by atoms with E-state index in [4.69, 9.17) is 4.74 Å². The lowest BCUT2D eigenvalue weighted by Gasteiger charge is -2.36. The monoisotopic (exact) mass is 463 g/mol. The molecule has 0 spiro atoms. The second-order valence-corrected chi connectivity index (χ2v) is 9.82. The van der Waals surface area contributed by atoms with Gasteiger partial charge in [0, 0.05) is 6.92 Å². The molecule has 0 heterocycles. The lowest BCUT2D eigenvalue weighted by Crippen LogP contribution is -2.52. The van der Waals surface area contributed by atoms with E-state index >= 15 is 0 Å². The first-order chi connectivity index (χ1) is 16.3. The molecule has 1 aliphatic carbocycles. The molecule has 0 radical (unpaired) electrons. The highest BCUT2D eigenvalue weighted by Crippen LogP contribution is 2.46. The Morgan fingerprint density at radius 3 is 2.00 bits per heavy atom. The normalized spacial score (nSPS) is 17.5. The van der Waals surface area contributed by atoms with Gasteiger partial charge in [-0.2, -0.15) is 0 Å². The summed E-state index contributed by atoms with van der Waals surface area (Å²) in [6.45, 7) is 5.22. The Balaban J connectivity index is 1.82. The van der Waals surface area contributed by atoms with Crippen LogP contribution >= 0.6 is 0 Å². The van der Waals surface area contributed by atoms with Crippen LogP contribution in [-0.4, -0.2) is 23.7 Å². The number of hydrogen-bond acceptors (Lipinski definition) is 4. The van der Waals surface area contributed by atoms with Crippen LogP contribution < -0.4 is 5.32 Å². The Morgan fingerprint density at radius 1 is 1.03 bits per heavy atom. The molecule has 5 heteroatoms. The fourth-order valence-corrected chi connectivity index (χ4v) is 5.41. The highest BCUT2D eigenvalue weighted by atomic mass is 16.5. The summed E-state index contributed by atoms with van der Waals surface area (Å²) in [6, 6.07) is 19.7. The smallest absolute Gasteiger partial charge is 0.313 e. The van der Waals surface area contributed by atoms with Crippen molar-refractivity contribution in [2.24, 2.45) is 11.3 Å². The molecule has 1 N–H and O–H groups in total. The van der Waals surface area contributed by atoms with Gasteiger partial charge in [0.1, 0.15) is 6.29 Å². The zero-order valence-corrected chi connectivity index (χ0v) is 20.6. The predicted octanol–water partition coefficient (Wildman–Crippen LogP) is 5.78. The van der Waals surface area contributed by atoms with Gasteiger partial charge >= 0.3 is 5.97 Å². The van der Waals surface area contributed by atoms with E-state index in [-0.39, 0.29) is 17.8 Å². The van der Waals surface area contributed by atoms with Crippen LogP contribution in [0.2, 0.25) is 0 Å². The summed E-state index contributed by atoms with van der Waals surface area (Å²) in [5.41, 5.74) is 0.387. The number of ether oxygens (including phenoxy) is 1. The van der Waals surface area contributed by atoms with Gasteiger partial charge in [-0.15, -0.1) is 0 Å². The summed E-state index contributed by atoms with van der Waals surface area (Å²) in [5, 5.41) is 2.83. The number of benzene rings is 2. The van der Waals surface area contributed by atoms with E-state index in [1.165, 1.54) is 6.92 Å². The molecule has 2 unspecified atom stereocenters. The molecule has 0 bridgehead atoms. The fraction of sp³-hybridized carbons (Fsp3) is 0.483. The van der Waals surface area contributed by atoms with Crippen LogP contribution in [0.5, 0.6) is 0 Å². The molecular weight excluding hydrogens is 426 g/mol. The number of carbonyl (C=O) groups is 3. The van der Waals surface area contributed by atoms with Crippen molar-refractivity contribution in [2.75, 3.05) is 0 Å².